The van der Waals surface area contributed by atoms with Crippen molar-refractivity contribution in [1.29, 1.82) is 0 Å². The van der Waals surface area contributed by atoms with Crippen molar-refractivity contribution in [2.45, 2.75) is 27.7 Å². The van der Waals surface area contributed by atoms with E-state index in [0.29, 0.717) is 11.1 Å². The molecule has 0 aliphatic heterocycles. The molecular formula is C10H12NO-. The summed E-state index contributed by atoms with van der Waals surface area (Å²) in [6.45, 7) is 7.32. The molecule has 0 aromatic heterocycles. The SMILES string of the molecule is CC1=C(C)C(C)=C(C)C(=O)C1=[N-]. The van der Waals surface area contributed by atoms with Crippen molar-refractivity contribution in [3.63, 3.8) is 0 Å². The van der Waals surface area contributed by atoms with Gasteiger partial charge in [0.15, 0.2) is 5.78 Å². The largest absolute Gasteiger partial charge is 0.800 e. The van der Waals surface area contributed by atoms with Crippen molar-refractivity contribution < 1.29 is 4.79 Å². The van der Waals surface area contributed by atoms with Crippen molar-refractivity contribution in [3.05, 3.63) is 27.7 Å². The van der Waals surface area contributed by atoms with Crippen LogP contribution in [0, 0.1) is 0 Å². The van der Waals surface area contributed by atoms with Gasteiger partial charge in [-0.2, -0.15) is 0 Å². The molecule has 0 fully saturated rings. The summed E-state index contributed by atoms with van der Waals surface area (Å²) >= 11 is 0. The van der Waals surface area contributed by atoms with Crippen LogP contribution in [0.3, 0.4) is 0 Å². The van der Waals surface area contributed by atoms with Crippen LogP contribution in [0.5, 0.6) is 0 Å². The first-order valence-electron chi connectivity index (χ1n) is 3.93. The number of allylic oxidation sites excluding steroid dienone is 4. The lowest BCUT2D eigenvalue weighted by molar-refractivity contribution is -0.109. The second-order valence-electron chi connectivity index (χ2n) is 3.18. The third-order valence-electron chi connectivity index (χ3n) is 2.60. The van der Waals surface area contributed by atoms with Crippen molar-refractivity contribution in [1.82, 2.24) is 0 Å². The molecule has 0 N–H and O–H groups in total. The van der Waals surface area contributed by atoms with Gasteiger partial charge in [-0.15, -0.1) is 5.71 Å². The molecule has 0 saturated carbocycles. The molecule has 0 radical (unpaired) electrons. The quantitative estimate of drug-likeness (QED) is 0.503. The Kier molecular flexibility index (Phi) is 2.01. The Labute approximate surface area is 72.5 Å². The number of nitrogens with zero attached hydrogens (tertiary/aromatic N) is 1. The summed E-state index contributed by atoms with van der Waals surface area (Å²) < 4.78 is 0. The third-order valence-corrected chi connectivity index (χ3v) is 2.60. The minimum atomic E-state index is -0.240. The average molecular weight is 162 g/mol. The number of ketones is 1. The van der Waals surface area contributed by atoms with Gasteiger partial charge in [0.2, 0.25) is 0 Å². The van der Waals surface area contributed by atoms with E-state index in [1.807, 2.05) is 13.8 Å². The molecule has 0 saturated heterocycles. The van der Waals surface area contributed by atoms with Crippen LogP contribution >= 0.6 is 0 Å². The molecule has 0 spiro atoms. The number of hydrogen-bond donors (Lipinski definition) is 0. The van der Waals surface area contributed by atoms with Crippen LogP contribution < -0.4 is 0 Å². The number of carbonyl (C=O) groups is 1. The van der Waals surface area contributed by atoms with Crippen LogP contribution in [0.4, 0.5) is 0 Å². The summed E-state index contributed by atoms with van der Waals surface area (Å²) in [6.07, 6.45) is 0. The lowest BCUT2D eigenvalue weighted by Crippen LogP contribution is -2.21. The molecule has 0 heterocycles. The Morgan fingerprint density at radius 2 is 1.25 bits per heavy atom. The topological polar surface area (TPSA) is 39.4 Å². The van der Waals surface area contributed by atoms with E-state index in [2.05, 4.69) is 0 Å². The zero-order chi connectivity index (χ0) is 9.46. The molecule has 0 unspecified atom stereocenters. The lowest BCUT2D eigenvalue weighted by atomic mass is 9.86. The Balaban J connectivity index is 3.37. The van der Waals surface area contributed by atoms with Gasteiger partial charge in [-0.05, 0) is 44.4 Å². The smallest absolute Gasteiger partial charge is 0.165 e. The summed E-state index contributed by atoms with van der Waals surface area (Å²) in [4.78, 5) is 11.3. The van der Waals surface area contributed by atoms with Gasteiger partial charge >= 0.3 is 0 Å². The van der Waals surface area contributed by atoms with E-state index in [9.17, 15) is 10.2 Å². The van der Waals surface area contributed by atoms with Gasteiger partial charge < -0.3 is 5.41 Å². The van der Waals surface area contributed by atoms with Crippen LogP contribution in [0.15, 0.2) is 22.3 Å². The first kappa shape index (κ1) is 8.91. The molecule has 12 heavy (non-hydrogen) atoms. The van der Waals surface area contributed by atoms with Gasteiger partial charge in [0.05, 0.1) is 0 Å². The summed E-state index contributed by atoms with van der Waals surface area (Å²) in [5.41, 5.74) is 3.23. The fourth-order valence-electron chi connectivity index (χ4n) is 1.26. The van der Waals surface area contributed by atoms with E-state index in [1.54, 1.807) is 13.8 Å². The third kappa shape index (κ3) is 1.04. The summed E-state index contributed by atoms with van der Waals surface area (Å²) in [5.74, 6) is -0.240. The molecular weight excluding hydrogens is 150 g/mol. The number of carbonyl (C=O) groups excluding carboxylic acids is 1. The standard InChI is InChI=1S/C10H12NO/c1-5-6(2)8(4)10(12)9(11)7(5)3/h1-4H3/q-1. The molecule has 0 atom stereocenters. The highest BCUT2D eigenvalue weighted by atomic mass is 16.1. The normalized spacial score (nSPS) is 19.3. The van der Waals surface area contributed by atoms with Gasteiger partial charge in [0, 0.05) is 0 Å². The molecule has 1 aliphatic rings. The minimum Gasteiger partial charge on any atom is -0.800 e. The van der Waals surface area contributed by atoms with E-state index in [4.69, 9.17) is 0 Å². The highest BCUT2D eigenvalue weighted by molar-refractivity contribution is 6.53. The second-order valence-corrected chi connectivity index (χ2v) is 3.18. The first-order chi connectivity index (χ1) is 5.46. The van der Waals surface area contributed by atoms with Crippen LogP contribution in [0.1, 0.15) is 27.7 Å². The van der Waals surface area contributed by atoms with E-state index in [1.165, 1.54) is 0 Å². The van der Waals surface area contributed by atoms with Crippen molar-refractivity contribution in [3.8, 4) is 0 Å². The number of rotatable bonds is 0. The van der Waals surface area contributed by atoms with E-state index < -0.39 is 0 Å². The van der Waals surface area contributed by atoms with Gasteiger partial charge in [-0.25, -0.2) is 0 Å². The van der Waals surface area contributed by atoms with Crippen LogP contribution in [0.2, 0.25) is 0 Å². The molecule has 2 nitrogen and oxygen atoms in total. The Hall–Kier alpha value is -1.18. The maximum Gasteiger partial charge on any atom is 0.165 e. The van der Waals surface area contributed by atoms with Gasteiger partial charge in [0.25, 0.3) is 0 Å². The van der Waals surface area contributed by atoms with Crippen LogP contribution in [-0.4, -0.2) is 11.5 Å². The van der Waals surface area contributed by atoms with Crippen LogP contribution in [0.25, 0.3) is 5.41 Å². The van der Waals surface area contributed by atoms with Crippen LogP contribution in [-0.2, 0) is 4.79 Å². The Bertz CT molecular complexity index is 283. The highest BCUT2D eigenvalue weighted by Gasteiger charge is 2.17. The van der Waals surface area contributed by atoms with E-state index in [-0.39, 0.29) is 11.5 Å². The second kappa shape index (κ2) is 2.70. The molecule has 0 aromatic rings. The molecule has 1 rings (SSSR count). The Morgan fingerprint density at radius 3 is 1.75 bits per heavy atom. The van der Waals surface area contributed by atoms with Gasteiger partial charge in [-0.1, -0.05) is 5.57 Å². The molecule has 0 bridgehead atoms. The van der Waals surface area contributed by atoms with E-state index in [0.717, 1.165) is 11.1 Å². The summed E-state index contributed by atoms with van der Waals surface area (Å²) in [7, 11) is 0. The zero-order valence-electron chi connectivity index (χ0n) is 7.86. The highest BCUT2D eigenvalue weighted by Crippen LogP contribution is 2.24. The van der Waals surface area contributed by atoms with E-state index >= 15 is 0 Å². The lowest BCUT2D eigenvalue weighted by Gasteiger charge is -2.23. The maximum absolute atomic E-state index is 11.3. The predicted molar refractivity (Wildman–Crippen MR) is 50.1 cm³/mol. The van der Waals surface area contributed by atoms with Crippen molar-refractivity contribution >= 4 is 11.5 Å². The zero-order valence-corrected chi connectivity index (χ0v) is 7.86. The summed E-state index contributed by atoms with van der Waals surface area (Å²) in [5, 5.41) is 9.38. The predicted octanol–water partition coefficient (Wildman–Crippen LogP) is 2.25. The molecule has 2 heteroatoms. The maximum atomic E-state index is 11.3. The monoisotopic (exact) mass is 162 g/mol. The molecule has 0 aromatic carbocycles. The van der Waals surface area contributed by atoms with Gasteiger partial charge in [0.1, 0.15) is 0 Å². The molecule has 64 valence electrons. The average Bonchev–Trinajstić information content (AvgIpc) is 2.08. The molecule has 0 amide bonds. The Morgan fingerprint density at radius 1 is 0.833 bits per heavy atom. The minimum absolute atomic E-state index is 0.101. The fraction of sp³-hybridized carbons (Fsp3) is 0.400. The molecule has 1 aliphatic carbocycles. The fourth-order valence-corrected chi connectivity index (χ4v) is 1.26. The van der Waals surface area contributed by atoms with Crippen molar-refractivity contribution in [2.75, 3.05) is 0 Å². The van der Waals surface area contributed by atoms with Crippen molar-refractivity contribution in [2.24, 2.45) is 0 Å². The number of hydrogen-bond acceptors (Lipinski definition) is 1. The van der Waals surface area contributed by atoms with Gasteiger partial charge in [-0.3, -0.25) is 4.79 Å². The first-order valence-corrected chi connectivity index (χ1v) is 3.93. The number of Topliss-reactive ketones (excluding diaryl/α,β-unsaturated/α-hetero) is 1. The summed E-state index contributed by atoms with van der Waals surface area (Å²) in [6, 6.07) is 0.